The van der Waals surface area contributed by atoms with E-state index in [2.05, 4.69) is 15.3 Å². The van der Waals surface area contributed by atoms with Gasteiger partial charge in [0.25, 0.3) is 0 Å². The van der Waals surface area contributed by atoms with Gasteiger partial charge in [-0.25, -0.2) is 0 Å². The minimum atomic E-state index is -0.549. The van der Waals surface area contributed by atoms with Gasteiger partial charge in [0.15, 0.2) is 5.16 Å². The van der Waals surface area contributed by atoms with Gasteiger partial charge in [0, 0.05) is 27.1 Å². The van der Waals surface area contributed by atoms with Gasteiger partial charge in [-0.15, -0.1) is 0 Å². The van der Waals surface area contributed by atoms with E-state index in [1.165, 1.54) is 11.8 Å². The lowest BCUT2D eigenvalue weighted by Crippen LogP contribution is -2.21. The number of hydrogen-bond acceptors (Lipinski definition) is 8. The molecule has 0 aliphatic heterocycles. The van der Waals surface area contributed by atoms with Gasteiger partial charge >= 0.3 is 11.6 Å². The normalized spacial score (nSPS) is 10.5. The Hall–Kier alpha value is -3.66. The maximum Gasteiger partial charge on any atom is 0.373 e. The van der Waals surface area contributed by atoms with Gasteiger partial charge in [-0.2, -0.15) is 9.97 Å². The first-order valence-corrected chi connectivity index (χ1v) is 11.4. The number of rotatable bonds is 10. The minimum Gasteiger partial charge on any atom is -0.434 e. The molecule has 0 fully saturated rings. The lowest BCUT2D eigenvalue weighted by Gasteiger charge is -2.12. The molecule has 33 heavy (non-hydrogen) atoms. The van der Waals surface area contributed by atoms with Gasteiger partial charge in [0.05, 0.1) is 4.92 Å². The number of nitrogens with zero attached hydrogens (tertiary/aromatic N) is 4. The van der Waals surface area contributed by atoms with E-state index in [0.29, 0.717) is 30.3 Å². The Balaban J connectivity index is 1.86. The molecule has 2 aromatic carbocycles. The molecule has 0 unspecified atom stereocenters. The lowest BCUT2D eigenvalue weighted by atomic mass is 10.1. The third-order valence-corrected chi connectivity index (χ3v) is 5.29. The molecule has 0 atom stereocenters. The second-order valence-electron chi connectivity index (χ2n) is 7.35. The van der Waals surface area contributed by atoms with Crippen molar-refractivity contribution in [3.8, 4) is 11.6 Å². The summed E-state index contributed by atoms with van der Waals surface area (Å²) in [5.41, 5.74) is 1.50. The zero-order chi connectivity index (χ0) is 23.8. The number of benzene rings is 2. The number of aryl methyl sites for hydroxylation is 1. The van der Waals surface area contributed by atoms with Gasteiger partial charge in [0.1, 0.15) is 5.75 Å². The summed E-state index contributed by atoms with van der Waals surface area (Å²) >= 11 is 1.26. The van der Waals surface area contributed by atoms with Crippen LogP contribution < -0.4 is 10.1 Å². The van der Waals surface area contributed by atoms with E-state index in [9.17, 15) is 14.9 Å². The first-order valence-electron chi connectivity index (χ1n) is 10.2. The number of ether oxygens (including phenoxy) is 1. The number of nitrogens with one attached hydrogen (secondary N) is 1. The van der Waals surface area contributed by atoms with Gasteiger partial charge in [-0.1, -0.05) is 54.2 Å². The van der Waals surface area contributed by atoms with Crippen LogP contribution in [0.4, 0.5) is 11.5 Å². The Kier molecular flexibility index (Phi) is 8.20. The molecule has 0 saturated heterocycles. The summed E-state index contributed by atoms with van der Waals surface area (Å²) in [6.07, 6.45) is 2.67. The predicted octanol–water partition coefficient (Wildman–Crippen LogP) is 4.53. The van der Waals surface area contributed by atoms with Crippen molar-refractivity contribution in [2.75, 3.05) is 25.7 Å². The van der Waals surface area contributed by atoms with Gasteiger partial charge < -0.3 is 15.0 Å². The van der Waals surface area contributed by atoms with E-state index < -0.39 is 4.92 Å². The van der Waals surface area contributed by atoms with Crippen LogP contribution >= 0.6 is 11.8 Å². The number of carbonyl (C=O) groups is 1. The second-order valence-corrected chi connectivity index (χ2v) is 8.12. The first-order chi connectivity index (χ1) is 15.9. The largest absolute Gasteiger partial charge is 0.434 e. The number of nitro groups is 1. The monoisotopic (exact) mass is 467 g/mol. The molecular weight excluding hydrogens is 442 g/mol. The summed E-state index contributed by atoms with van der Waals surface area (Å²) in [4.78, 5) is 33.3. The molecule has 0 saturated carbocycles. The third kappa shape index (κ3) is 6.66. The van der Waals surface area contributed by atoms with E-state index in [-0.39, 0.29) is 23.3 Å². The SMILES string of the molecule is CSc1nc(NCc2ccccc2)c([N+](=O)[O-])c(Oc2cccc(CCC(=O)N(C)C)c2)n1. The molecular formula is C23H25N5O4S. The summed E-state index contributed by atoms with van der Waals surface area (Å²) in [7, 11) is 3.42. The fourth-order valence-corrected chi connectivity index (χ4v) is 3.35. The van der Waals surface area contributed by atoms with E-state index in [4.69, 9.17) is 4.74 Å². The van der Waals surface area contributed by atoms with E-state index in [1.54, 1.807) is 43.5 Å². The zero-order valence-corrected chi connectivity index (χ0v) is 19.5. The molecule has 0 bridgehead atoms. The second kappa shape index (κ2) is 11.3. The zero-order valence-electron chi connectivity index (χ0n) is 18.6. The molecule has 172 valence electrons. The molecule has 10 heteroatoms. The molecule has 3 rings (SSSR count). The number of aromatic nitrogens is 2. The summed E-state index contributed by atoms with van der Waals surface area (Å²) in [5.74, 6) is 0.363. The topological polar surface area (TPSA) is 110 Å². The highest BCUT2D eigenvalue weighted by Crippen LogP contribution is 2.36. The summed E-state index contributed by atoms with van der Waals surface area (Å²) in [6, 6.07) is 16.6. The highest BCUT2D eigenvalue weighted by Gasteiger charge is 2.27. The summed E-state index contributed by atoms with van der Waals surface area (Å²) < 4.78 is 5.86. The van der Waals surface area contributed by atoms with Gasteiger partial charge in [0.2, 0.25) is 11.7 Å². The number of carbonyl (C=O) groups excluding carboxylic acids is 1. The van der Waals surface area contributed by atoms with Crippen molar-refractivity contribution in [3.63, 3.8) is 0 Å². The smallest absolute Gasteiger partial charge is 0.373 e. The van der Waals surface area contributed by atoms with Crippen molar-refractivity contribution in [1.29, 1.82) is 0 Å². The number of thioether (sulfide) groups is 1. The Morgan fingerprint density at radius 2 is 1.85 bits per heavy atom. The fraction of sp³-hybridized carbons (Fsp3) is 0.261. The number of hydrogen-bond donors (Lipinski definition) is 1. The van der Waals surface area contributed by atoms with Crippen LogP contribution in [0.15, 0.2) is 59.8 Å². The van der Waals surface area contributed by atoms with E-state index in [1.807, 2.05) is 36.4 Å². The van der Waals surface area contributed by atoms with Crippen LogP contribution in [0, 0.1) is 10.1 Å². The Morgan fingerprint density at radius 3 is 2.52 bits per heavy atom. The molecule has 1 amide bonds. The van der Waals surface area contributed by atoms with Crippen molar-refractivity contribution in [2.24, 2.45) is 0 Å². The molecule has 1 aromatic heterocycles. The first kappa shape index (κ1) is 24.0. The quantitative estimate of drug-likeness (QED) is 0.200. The summed E-state index contributed by atoms with van der Waals surface area (Å²) in [6.45, 7) is 0.362. The Labute approximate surface area is 196 Å². The van der Waals surface area contributed by atoms with Gasteiger partial charge in [-0.3, -0.25) is 14.9 Å². The van der Waals surface area contributed by atoms with Crippen LogP contribution in [0.3, 0.4) is 0 Å². The van der Waals surface area contributed by atoms with Crippen LogP contribution in [0.2, 0.25) is 0 Å². The predicted molar refractivity (Wildman–Crippen MR) is 128 cm³/mol. The van der Waals surface area contributed by atoms with Gasteiger partial charge in [-0.05, 0) is 35.9 Å². The van der Waals surface area contributed by atoms with E-state index >= 15 is 0 Å². The lowest BCUT2D eigenvalue weighted by molar-refractivity contribution is -0.385. The Morgan fingerprint density at radius 1 is 1.12 bits per heavy atom. The van der Waals surface area contributed by atoms with Crippen molar-refractivity contribution in [3.05, 3.63) is 75.8 Å². The molecule has 1 N–H and O–H groups in total. The van der Waals surface area contributed by atoms with Crippen LogP contribution in [0.25, 0.3) is 0 Å². The van der Waals surface area contributed by atoms with Crippen molar-refractivity contribution >= 4 is 29.2 Å². The Bertz CT molecular complexity index is 1130. The molecule has 0 aliphatic carbocycles. The van der Waals surface area contributed by atoms with Crippen molar-refractivity contribution < 1.29 is 14.5 Å². The highest BCUT2D eigenvalue weighted by molar-refractivity contribution is 7.98. The minimum absolute atomic E-state index is 0.0199. The molecule has 1 heterocycles. The molecule has 3 aromatic rings. The van der Waals surface area contributed by atoms with Crippen LogP contribution in [-0.4, -0.2) is 46.0 Å². The van der Waals surface area contributed by atoms with Crippen molar-refractivity contribution in [2.45, 2.75) is 24.5 Å². The molecule has 0 spiro atoms. The van der Waals surface area contributed by atoms with Crippen molar-refractivity contribution in [1.82, 2.24) is 14.9 Å². The molecule has 9 nitrogen and oxygen atoms in total. The van der Waals surface area contributed by atoms with E-state index in [0.717, 1.165) is 11.1 Å². The average molecular weight is 468 g/mol. The van der Waals surface area contributed by atoms with Crippen LogP contribution in [0.5, 0.6) is 11.6 Å². The maximum atomic E-state index is 11.9. The average Bonchev–Trinajstić information content (AvgIpc) is 2.81. The van der Waals surface area contributed by atoms with Crippen LogP contribution in [0.1, 0.15) is 17.5 Å². The summed E-state index contributed by atoms with van der Waals surface area (Å²) in [5, 5.41) is 15.3. The molecule has 0 radical (unpaired) electrons. The highest BCUT2D eigenvalue weighted by atomic mass is 32.2. The fourth-order valence-electron chi connectivity index (χ4n) is 3.00. The molecule has 0 aliphatic rings. The maximum absolute atomic E-state index is 11.9. The number of amides is 1. The van der Waals surface area contributed by atoms with Crippen LogP contribution in [-0.2, 0) is 17.8 Å². The number of anilines is 1. The third-order valence-electron chi connectivity index (χ3n) is 4.74. The standard InChI is InChI=1S/C23H25N5O4S/c1-27(2)19(29)13-12-16-10-7-11-18(14-16)32-22-20(28(30)31)21(25-23(26-22)33-3)24-15-17-8-5-4-6-9-17/h4-11,14H,12-13,15H2,1-3H3,(H,24,25,26).